The molecule has 9 nitrogen and oxygen atoms in total. The van der Waals surface area contributed by atoms with Crippen LogP contribution < -0.4 is 20.3 Å². The number of likely N-dealkylation sites (tertiary alicyclic amines) is 1. The van der Waals surface area contributed by atoms with Crippen molar-refractivity contribution in [3.63, 3.8) is 0 Å². The maximum atomic E-state index is 13.9. The Bertz CT molecular complexity index is 1330. The molecule has 1 aromatic carbocycles. The summed E-state index contributed by atoms with van der Waals surface area (Å²) in [6.07, 6.45) is 3.52. The molecule has 3 aromatic rings. The first kappa shape index (κ1) is 26.2. The number of hydrogen-bond acceptors (Lipinski definition) is 8. The SMILES string of the molecule is C=CCN1CC(C)(OCCn2c(=O)c(-c3c(Cl)c(OC)cc(OC)c3Cl)cc3cnc(NC)nc32)C1. The molecular weight excluding hydrogens is 505 g/mol. The third kappa shape index (κ3) is 4.88. The van der Waals surface area contributed by atoms with Gasteiger partial charge in [-0.1, -0.05) is 29.3 Å². The number of benzene rings is 1. The van der Waals surface area contributed by atoms with Gasteiger partial charge in [-0.05, 0) is 13.0 Å². The van der Waals surface area contributed by atoms with Gasteiger partial charge >= 0.3 is 0 Å². The molecule has 0 atom stereocenters. The second-order valence-electron chi connectivity index (χ2n) is 8.78. The zero-order chi connectivity index (χ0) is 26.0. The summed E-state index contributed by atoms with van der Waals surface area (Å²) in [6, 6.07) is 3.26. The lowest BCUT2D eigenvalue weighted by Crippen LogP contribution is -2.61. The number of pyridine rings is 1. The summed E-state index contributed by atoms with van der Waals surface area (Å²) in [5, 5.41) is 3.98. The molecule has 0 amide bonds. The average Bonchev–Trinajstić information content (AvgIpc) is 2.85. The van der Waals surface area contributed by atoms with E-state index in [9.17, 15) is 4.79 Å². The van der Waals surface area contributed by atoms with E-state index >= 15 is 0 Å². The Morgan fingerprint density at radius 2 is 1.86 bits per heavy atom. The van der Waals surface area contributed by atoms with Crippen LogP contribution in [0.25, 0.3) is 22.2 Å². The largest absolute Gasteiger partial charge is 0.495 e. The molecule has 2 aromatic heterocycles. The van der Waals surface area contributed by atoms with Gasteiger partial charge in [0.1, 0.15) is 17.1 Å². The van der Waals surface area contributed by atoms with Crippen molar-refractivity contribution in [2.75, 3.05) is 52.8 Å². The smallest absolute Gasteiger partial charge is 0.260 e. The summed E-state index contributed by atoms with van der Waals surface area (Å²) in [6.45, 7) is 8.86. The van der Waals surface area contributed by atoms with Crippen LogP contribution in [0.4, 0.5) is 5.95 Å². The Hall–Kier alpha value is -2.85. The van der Waals surface area contributed by atoms with Crippen molar-refractivity contribution in [2.24, 2.45) is 0 Å². The molecule has 3 heterocycles. The van der Waals surface area contributed by atoms with Crippen LogP contribution in [-0.4, -0.2) is 72.5 Å². The maximum Gasteiger partial charge on any atom is 0.260 e. The minimum absolute atomic E-state index is 0.208. The van der Waals surface area contributed by atoms with Crippen LogP contribution in [0, 0.1) is 0 Å². The number of nitrogens with zero attached hydrogens (tertiary/aromatic N) is 4. The number of ether oxygens (including phenoxy) is 3. The lowest BCUT2D eigenvalue weighted by atomic mass is 9.96. The molecule has 192 valence electrons. The molecule has 0 bridgehead atoms. The van der Waals surface area contributed by atoms with Crippen LogP contribution in [0.1, 0.15) is 6.92 Å². The number of methoxy groups -OCH3 is 2. The van der Waals surface area contributed by atoms with Gasteiger partial charge in [-0.3, -0.25) is 14.3 Å². The molecule has 0 aliphatic carbocycles. The maximum absolute atomic E-state index is 13.9. The Labute approximate surface area is 219 Å². The van der Waals surface area contributed by atoms with Gasteiger partial charge in [0.25, 0.3) is 5.56 Å². The molecule has 0 unspecified atom stereocenters. The van der Waals surface area contributed by atoms with Gasteiger partial charge in [0.15, 0.2) is 0 Å². The quantitative estimate of drug-likeness (QED) is 0.389. The van der Waals surface area contributed by atoms with Crippen LogP contribution >= 0.6 is 23.2 Å². The van der Waals surface area contributed by atoms with Crippen LogP contribution in [0.2, 0.25) is 10.0 Å². The van der Waals surface area contributed by atoms with Gasteiger partial charge < -0.3 is 19.5 Å². The Kier molecular flexibility index (Phi) is 7.75. The predicted octanol–water partition coefficient (Wildman–Crippen LogP) is 4.10. The summed E-state index contributed by atoms with van der Waals surface area (Å²) in [5.41, 5.74) is 0.471. The van der Waals surface area contributed by atoms with Crippen molar-refractivity contribution in [3.05, 3.63) is 51.4 Å². The van der Waals surface area contributed by atoms with Crippen molar-refractivity contribution in [2.45, 2.75) is 19.1 Å². The van der Waals surface area contributed by atoms with Crippen LogP contribution in [0.5, 0.6) is 11.5 Å². The molecule has 1 N–H and O–H groups in total. The summed E-state index contributed by atoms with van der Waals surface area (Å²) >= 11 is 13.3. The highest BCUT2D eigenvalue weighted by atomic mass is 35.5. The number of nitrogens with one attached hydrogen (secondary N) is 1. The normalized spacial score (nSPS) is 14.9. The number of anilines is 1. The number of aromatic nitrogens is 3. The van der Waals surface area contributed by atoms with E-state index in [1.807, 2.05) is 6.08 Å². The van der Waals surface area contributed by atoms with E-state index in [2.05, 4.69) is 33.7 Å². The first-order valence-corrected chi connectivity index (χ1v) is 12.2. The van der Waals surface area contributed by atoms with Crippen LogP contribution in [-0.2, 0) is 11.3 Å². The summed E-state index contributed by atoms with van der Waals surface area (Å²) in [4.78, 5) is 25.0. The molecule has 1 saturated heterocycles. The predicted molar refractivity (Wildman–Crippen MR) is 143 cm³/mol. The van der Waals surface area contributed by atoms with Crippen molar-refractivity contribution in [3.8, 4) is 22.6 Å². The van der Waals surface area contributed by atoms with Crippen LogP contribution in [0.15, 0.2) is 35.8 Å². The fraction of sp³-hybridized carbons (Fsp3) is 0.400. The third-order valence-electron chi connectivity index (χ3n) is 6.16. The number of rotatable bonds is 10. The zero-order valence-corrected chi connectivity index (χ0v) is 22.2. The molecular formula is C25H29Cl2N5O4. The fourth-order valence-corrected chi connectivity index (χ4v) is 5.18. The van der Waals surface area contributed by atoms with E-state index in [1.165, 1.54) is 14.2 Å². The highest BCUT2D eigenvalue weighted by Gasteiger charge is 2.38. The fourth-order valence-electron chi connectivity index (χ4n) is 4.47. The van der Waals surface area contributed by atoms with Gasteiger partial charge in [-0.15, -0.1) is 6.58 Å². The summed E-state index contributed by atoms with van der Waals surface area (Å²) < 4.78 is 18.5. The Balaban J connectivity index is 1.78. The Morgan fingerprint density at radius 3 is 2.44 bits per heavy atom. The topological polar surface area (TPSA) is 90.7 Å². The molecule has 36 heavy (non-hydrogen) atoms. The molecule has 1 fully saturated rings. The van der Waals surface area contributed by atoms with E-state index < -0.39 is 0 Å². The highest BCUT2D eigenvalue weighted by molar-refractivity contribution is 6.41. The van der Waals surface area contributed by atoms with Crippen molar-refractivity contribution in [1.82, 2.24) is 19.4 Å². The molecule has 11 heteroatoms. The highest BCUT2D eigenvalue weighted by Crippen LogP contribution is 2.45. The molecule has 4 rings (SSSR count). The van der Waals surface area contributed by atoms with Gasteiger partial charge in [0, 0.05) is 49.9 Å². The average molecular weight is 534 g/mol. The lowest BCUT2D eigenvalue weighted by Gasteiger charge is -2.47. The number of fused-ring (bicyclic) bond motifs is 1. The van der Waals surface area contributed by atoms with Gasteiger partial charge in [-0.2, -0.15) is 4.98 Å². The molecule has 0 saturated carbocycles. The first-order valence-electron chi connectivity index (χ1n) is 11.4. The van der Waals surface area contributed by atoms with Crippen LogP contribution in [0.3, 0.4) is 0 Å². The van der Waals surface area contributed by atoms with Gasteiger partial charge in [0.05, 0.1) is 48.6 Å². The number of halogens is 2. The molecule has 1 aliphatic rings. The number of hydrogen-bond donors (Lipinski definition) is 1. The minimum Gasteiger partial charge on any atom is -0.495 e. The van der Waals surface area contributed by atoms with E-state index in [1.54, 1.807) is 29.9 Å². The minimum atomic E-state index is -0.321. The van der Waals surface area contributed by atoms with E-state index in [0.29, 0.717) is 40.7 Å². The molecule has 0 spiro atoms. The second kappa shape index (κ2) is 10.6. The van der Waals surface area contributed by atoms with E-state index in [4.69, 9.17) is 37.4 Å². The van der Waals surface area contributed by atoms with Crippen molar-refractivity contribution < 1.29 is 14.2 Å². The summed E-state index contributed by atoms with van der Waals surface area (Å²) in [5.74, 6) is 1.08. The second-order valence-corrected chi connectivity index (χ2v) is 9.53. The lowest BCUT2D eigenvalue weighted by molar-refractivity contribution is -0.129. The van der Waals surface area contributed by atoms with Crippen molar-refractivity contribution in [1.29, 1.82) is 0 Å². The monoisotopic (exact) mass is 533 g/mol. The standard InChI is InChI=1S/C25H29Cl2N5O4/c1-6-7-31-13-25(2,14-31)36-9-8-32-22-15(12-29-24(28-3)30-22)10-16(23(32)33)19-20(26)17(34-4)11-18(35-5)21(19)27/h6,10-12H,1,7-9,13-14H2,2-5H3,(H,28,29,30). The van der Waals surface area contributed by atoms with Crippen molar-refractivity contribution >= 4 is 40.2 Å². The zero-order valence-electron chi connectivity index (χ0n) is 20.7. The Morgan fingerprint density at radius 1 is 1.19 bits per heavy atom. The van der Waals surface area contributed by atoms with Gasteiger partial charge in [0.2, 0.25) is 5.95 Å². The van der Waals surface area contributed by atoms with E-state index in [0.717, 1.165) is 19.6 Å². The first-order chi connectivity index (χ1) is 17.2. The third-order valence-corrected chi connectivity index (χ3v) is 6.91. The molecule has 1 aliphatic heterocycles. The van der Waals surface area contributed by atoms with Gasteiger partial charge in [-0.25, -0.2) is 4.98 Å². The summed E-state index contributed by atoms with van der Waals surface area (Å²) in [7, 11) is 4.69. The van der Waals surface area contributed by atoms with E-state index in [-0.39, 0.29) is 33.3 Å². The molecule has 0 radical (unpaired) electrons.